The zero-order chi connectivity index (χ0) is 18.4. The lowest BCUT2D eigenvalue weighted by Gasteiger charge is -2.15. The summed E-state index contributed by atoms with van der Waals surface area (Å²) in [5.74, 6) is 1.39. The van der Waals surface area contributed by atoms with E-state index in [0.717, 1.165) is 26.9 Å². The molecule has 2 aromatic heterocycles. The summed E-state index contributed by atoms with van der Waals surface area (Å²) in [6.07, 6.45) is 3.90. The van der Waals surface area contributed by atoms with E-state index in [4.69, 9.17) is 4.74 Å². The minimum atomic E-state index is -0.166. The maximum atomic E-state index is 12.7. The number of hydrogen-bond donors (Lipinski definition) is 0. The minimum absolute atomic E-state index is 0.166. The van der Waals surface area contributed by atoms with Crippen molar-refractivity contribution in [3.63, 3.8) is 0 Å². The molecule has 0 saturated heterocycles. The third-order valence-corrected chi connectivity index (χ3v) is 5.92. The van der Waals surface area contributed by atoms with Gasteiger partial charge in [0.05, 0.1) is 4.53 Å². The highest BCUT2D eigenvalue weighted by molar-refractivity contribution is 9.10. The fraction of sp³-hybridized carbons (Fsp3) is 0.0500. The molecule has 27 heavy (non-hydrogen) atoms. The molecule has 1 aliphatic rings. The van der Waals surface area contributed by atoms with Gasteiger partial charge in [-0.25, -0.2) is 0 Å². The molecule has 0 bridgehead atoms. The molecule has 0 spiro atoms. The Hall–Kier alpha value is -2.77. The average molecular weight is 438 g/mol. The number of fused-ring (bicyclic) bond motifs is 2. The topological polar surface area (TPSA) is 56.5 Å². The first-order chi connectivity index (χ1) is 13.2. The van der Waals surface area contributed by atoms with Crippen LogP contribution < -0.4 is 14.8 Å². The second kappa shape index (κ2) is 6.44. The summed E-state index contributed by atoms with van der Waals surface area (Å²) >= 11 is 4.83. The van der Waals surface area contributed by atoms with Crippen LogP contribution in [0.25, 0.3) is 28.5 Å². The summed E-state index contributed by atoms with van der Waals surface area (Å²) in [4.78, 5) is 17.8. The van der Waals surface area contributed by atoms with Crippen molar-refractivity contribution in [1.29, 1.82) is 0 Å². The van der Waals surface area contributed by atoms with Crippen LogP contribution in [-0.2, 0) is 0 Å². The highest BCUT2D eigenvalue weighted by Crippen LogP contribution is 2.27. The Bertz CT molecular complexity index is 1320. The van der Waals surface area contributed by atoms with Crippen LogP contribution in [0.3, 0.4) is 0 Å². The van der Waals surface area contributed by atoms with E-state index in [2.05, 4.69) is 26.0 Å². The fourth-order valence-corrected chi connectivity index (χ4v) is 4.36. The predicted octanol–water partition coefficient (Wildman–Crippen LogP) is 3.56. The molecule has 4 aromatic rings. The van der Waals surface area contributed by atoms with Gasteiger partial charge in [-0.1, -0.05) is 57.6 Å². The van der Waals surface area contributed by atoms with Gasteiger partial charge in [0.25, 0.3) is 5.56 Å². The van der Waals surface area contributed by atoms with Gasteiger partial charge in [-0.05, 0) is 35.9 Å². The number of para-hydroxylation sites is 1. The SMILES string of the molecule is O=c1/c(=C/C2=Cc3ccccc3OC2)sc2nc(-c3ccccc3Br)nn12. The molecule has 5 nitrogen and oxygen atoms in total. The van der Waals surface area contributed by atoms with Crippen molar-refractivity contribution < 1.29 is 4.74 Å². The number of hydrogen-bond acceptors (Lipinski definition) is 5. The number of rotatable bonds is 2. The van der Waals surface area contributed by atoms with Crippen LogP contribution in [0.1, 0.15) is 5.56 Å². The zero-order valence-electron chi connectivity index (χ0n) is 13.9. The van der Waals surface area contributed by atoms with E-state index in [-0.39, 0.29) is 5.56 Å². The quantitative estimate of drug-likeness (QED) is 0.481. The molecular weight excluding hydrogens is 426 g/mol. The molecule has 1 aliphatic heterocycles. The largest absolute Gasteiger partial charge is 0.488 e. The zero-order valence-corrected chi connectivity index (χ0v) is 16.3. The second-order valence-corrected chi connectivity index (χ2v) is 7.93. The number of halogens is 1. The number of aromatic nitrogens is 3. The standard InChI is InChI=1S/C20H12BrN3O2S/c21-15-7-3-2-6-14(15)18-22-20-24(23-18)19(25)17(27-20)10-12-9-13-5-1-4-8-16(13)26-11-12/h1-10H,11H2/b17-10-. The summed E-state index contributed by atoms with van der Waals surface area (Å²) < 4.78 is 8.61. The van der Waals surface area contributed by atoms with E-state index in [9.17, 15) is 4.79 Å². The second-order valence-electron chi connectivity index (χ2n) is 6.07. The van der Waals surface area contributed by atoms with Gasteiger partial charge in [0.2, 0.25) is 4.96 Å². The van der Waals surface area contributed by atoms with Crippen LogP contribution in [0.4, 0.5) is 0 Å². The van der Waals surface area contributed by atoms with Crippen molar-refractivity contribution in [2.45, 2.75) is 0 Å². The van der Waals surface area contributed by atoms with Crippen LogP contribution in [0.5, 0.6) is 5.75 Å². The van der Waals surface area contributed by atoms with E-state index in [0.29, 0.717) is 21.9 Å². The third-order valence-electron chi connectivity index (χ3n) is 4.27. The molecule has 3 heterocycles. The Morgan fingerprint density at radius 1 is 1.15 bits per heavy atom. The first-order valence-corrected chi connectivity index (χ1v) is 9.88. The van der Waals surface area contributed by atoms with Crippen molar-refractivity contribution >= 4 is 44.4 Å². The minimum Gasteiger partial charge on any atom is -0.488 e. The Kier molecular flexibility index (Phi) is 3.91. The lowest BCUT2D eigenvalue weighted by molar-refractivity contribution is 0.352. The van der Waals surface area contributed by atoms with Gasteiger partial charge in [-0.15, -0.1) is 5.10 Å². The first-order valence-electron chi connectivity index (χ1n) is 8.28. The molecule has 0 unspecified atom stereocenters. The van der Waals surface area contributed by atoms with Crippen LogP contribution >= 0.6 is 27.3 Å². The Morgan fingerprint density at radius 3 is 2.81 bits per heavy atom. The molecule has 7 heteroatoms. The molecule has 0 atom stereocenters. The van der Waals surface area contributed by atoms with E-state index in [1.165, 1.54) is 15.9 Å². The van der Waals surface area contributed by atoms with Gasteiger partial charge < -0.3 is 4.74 Å². The predicted molar refractivity (Wildman–Crippen MR) is 110 cm³/mol. The van der Waals surface area contributed by atoms with E-state index in [1.807, 2.05) is 60.7 Å². The Balaban J connectivity index is 1.58. The first kappa shape index (κ1) is 16.4. The lowest BCUT2D eigenvalue weighted by Crippen LogP contribution is -2.24. The monoisotopic (exact) mass is 437 g/mol. The lowest BCUT2D eigenvalue weighted by atomic mass is 10.1. The van der Waals surface area contributed by atoms with Gasteiger partial charge in [-0.3, -0.25) is 4.79 Å². The van der Waals surface area contributed by atoms with Gasteiger partial charge in [0.15, 0.2) is 5.82 Å². The van der Waals surface area contributed by atoms with Gasteiger partial charge >= 0.3 is 0 Å². The smallest absolute Gasteiger partial charge is 0.291 e. The summed E-state index contributed by atoms with van der Waals surface area (Å²) in [7, 11) is 0. The fourth-order valence-electron chi connectivity index (χ4n) is 2.98. The molecule has 0 saturated carbocycles. The van der Waals surface area contributed by atoms with E-state index >= 15 is 0 Å². The van der Waals surface area contributed by atoms with Crippen molar-refractivity contribution in [1.82, 2.24) is 14.6 Å². The maximum Gasteiger partial charge on any atom is 0.291 e. The van der Waals surface area contributed by atoms with Crippen molar-refractivity contribution in [2.75, 3.05) is 6.61 Å². The van der Waals surface area contributed by atoms with Crippen LogP contribution in [0, 0.1) is 0 Å². The van der Waals surface area contributed by atoms with Gasteiger partial charge in [0, 0.05) is 15.6 Å². The number of nitrogens with zero attached hydrogens (tertiary/aromatic N) is 3. The molecule has 2 aromatic carbocycles. The highest BCUT2D eigenvalue weighted by atomic mass is 79.9. The highest BCUT2D eigenvalue weighted by Gasteiger charge is 2.15. The summed E-state index contributed by atoms with van der Waals surface area (Å²) in [5.41, 5.74) is 2.65. The van der Waals surface area contributed by atoms with Crippen LogP contribution in [-0.4, -0.2) is 21.2 Å². The summed E-state index contributed by atoms with van der Waals surface area (Å²) in [6, 6.07) is 15.5. The maximum absolute atomic E-state index is 12.7. The average Bonchev–Trinajstić information content (AvgIpc) is 3.22. The molecule has 5 rings (SSSR count). The van der Waals surface area contributed by atoms with Crippen molar-refractivity contribution in [3.8, 4) is 17.1 Å². The summed E-state index contributed by atoms with van der Waals surface area (Å²) in [6.45, 7) is 0.437. The normalized spacial score (nSPS) is 14.1. The molecule has 0 aliphatic carbocycles. The van der Waals surface area contributed by atoms with Gasteiger partial charge in [-0.2, -0.15) is 9.50 Å². The number of benzene rings is 2. The Labute approximate surface area is 166 Å². The molecular formula is C20H12BrN3O2S. The van der Waals surface area contributed by atoms with E-state index < -0.39 is 0 Å². The summed E-state index contributed by atoms with van der Waals surface area (Å²) in [5, 5.41) is 4.40. The Morgan fingerprint density at radius 2 is 1.96 bits per heavy atom. The van der Waals surface area contributed by atoms with Crippen LogP contribution in [0.15, 0.2) is 63.4 Å². The number of ether oxygens (including phenoxy) is 1. The van der Waals surface area contributed by atoms with E-state index in [1.54, 1.807) is 0 Å². The molecule has 132 valence electrons. The van der Waals surface area contributed by atoms with Gasteiger partial charge in [0.1, 0.15) is 12.4 Å². The van der Waals surface area contributed by atoms with Crippen molar-refractivity contribution in [2.24, 2.45) is 0 Å². The molecule has 0 fully saturated rings. The molecule has 0 amide bonds. The van der Waals surface area contributed by atoms with Crippen LogP contribution in [0.2, 0.25) is 0 Å². The third kappa shape index (κ3) is 2.89. The van der Waals surface area contributed by atoms with Crippen molar-refractivity contribution in [3.05, 3.63) is 79.0 Å². The number of thiazole rings is 1. The molecule has 0 N–H and O–H groups in total. The molecule has 0 radical (unpaired) electrons.